The molecule has 0 saturated heterocycles. The van der Waals surface area contributed by atoms with Crippen molar-refractivity contribution in [3.63, 3.8) is 0 Å². The fourth-order valence-corrected chi connectivity index (χ4v) is 1.57. The molecule has 0 unspecified atom stereocenters. The quantitative estimate of drug-likeness (QED) is 0.602. The SMILES string of the molecule is C1=Cc2sccc2NN=C1. The number of nitrogens with zero attached hydrogens (tertiary/aromatic N) is 1. The standard InChI is InChI=1S/C7H6N2S/c1-2-7-6(3-5-10-7)9-8-4-1/h1-5,9H. The van der Waals surface area contributed by atoms with Crippen LogP contribution in [-0.4, -0.2) is 6.21 Å². The minimum atomic E-state index is 1.09. The van der Waals surface area contributed by atoms with Gasteiger partial charge in [0.05, 0.1) is 10.6 Å². The van der Waals surface area contributed by atoms with E-state index in [0.717, 1.165) is 5.69 Å². The topological polar surface area (TPSA) is 24.4 Å². The molecular weight excluding hydrogens is 144 g/mol. The summed E-state index contributed by atoms with van der Waals surface area (Å²) in [7, 11) is 0. The third-order valence-electron chi connectivity index (χ3n) is 1.29. The Morgan fingerprint density at radius 3 is 3.50 bits per heavy atom. The van der Waals surface area contributed by atoms with E-state index in [-0.39, 0.29) is 0 Å². The number of rotatable bonds is 0. The highest BCUT2D eigenvalue weighted by Gasteiger charge is 1.99. The van der Waals surface area contributed by atoms with E-state index in [9.17, 15) is 0 Å². The van der Waals surface area contributed by atoms with Crippen molar-refractivity contribution in [2.75, 3.05) is 5.43 Å². The molecule has 2 heterocycles. The molecule has 0 amide bonds. The maximum absolute atomic E-state index is 3.93. The van der Waals surface area contributed by atoms with Gasteiger partial charge in [0.15, 0.2) is 0 Å². The highest BCUT2D eigenvalue weighted by atomic mass is 32.1. The van der Waals surface area contributed by atoms with Gasteiger partial charge in [0.2, 0.25) is 0 Å². The van der Waals surface area contributed by atoms with Crippen LogP contribution in [0.15, 0.2) is 22.6 Å². The molecule has 0 bridgehead atoms. The molecule has 1 aliphatic heterocycles. The number of fused-ring (bicyclic) bond motifs is 1. The van der Waals surface area contributed by atoms with Crippen LogP contribution in [0.3, 0.4) is 0 Å². The Kier molecular flexibility index (Phi) is 1.29. The largest absolute Gasteiger partial charge is 0.277 e. The molecule has 0 spiro atoms. The summed E-state index contributed by atoms with van der Waals surface area (Å²) in [5.41, 5.74) is 4.02. The molecule has 0 radical (unpaired) electrons. The van der Waals surface area contributed by atoms with Crippen LogP contribution in [0.5, 0.6) is 0 Å². The molecule has 3 heteroatoms. The number of thiophene rings is 1. The minimum Gasteiger partial charge on any atom is -0.277 e. The lowest BCUT2D eigenvalue weighted by Crippen LogP contribution is -1.84. The van der Waals surface area contributed by atoms with Gasteiger partial charge in [0, 0.05) is 6.21 Å². The summed E-state index contributed by atoms with van der Waals surface area (Å²) in [5.74, 6) is 0. The van der Waals surface area contributed by atoms with Crippen LogP contribution < -0.4 is 5.43 Å². The molecule has 0 atom stereocenters. The van der Waals surface area contributed by atoms with Crippen molar-refractivity contribution in [3.8, 4) is 0 Å². The van der Waals surface area contributed by atoms with E-state index in [1.165, 1.54) is 4.88 Å². The molecule has 0 aromatic carbocycles. The predicted molar refractivity (Wildman–Crippen MR) is 45.5 cm³/mol. The van der Waals surface area contributed by atoms with Crippen LogP contribution in [-0.2, 0) is 0 Å². The Labute approximate surface area is 62.9 Å². The molecule has 2 nitrogen and oxygen atoms in total. The van der Waals surface area contributed by atoms with Gasteiger partial charge in [-0.3, -0.25) is 5.43 Å². The van der Waals surface area contributed by atoms with E-state index in [4.69, 9.17) is 0 Å². The average molecular weight is 150 g/mol. The van der Waals surface area contributed by atoms with E-state index in [2.05, 4.69) is 10.5 Å². The zero-order valence-electron chi connectivity index (χ0n) is 5.24. The molecule has 10 heavy (non-hydrogen) atoms. The number of hydrazone groups is 1. The number of anilines is 1. The molecule has 1 aromatic rings. The molecule has 1 aliphatic rings. The summed E-state index contributed by atoms with van der Waals surface area (Å²) in [4.78, 5) is 1.23. The van der Waals surface area contributed by atoms with E-state index in [1.807, 2.05) is 23.6 Å². The van der Waals surface area contributed by atoms with E-state index >= 15 is 0 Å². The summed E-state index contributed by atoms with van der Waals surface area (Å²) < 4.78 is 0. The molecule has 50 valence electrons. The maximum atomic E-state index is 3.93. The Hall–Kier alpha value is -1.09. The van der Waals surface area contributed by atoms with Crippen molar-refractivity contribution in [1.82, 2.24) is 0 Å². The van der Waals surface area contributed by atoms with E-state index < -0.39 is 0 Å². The van der Waals surface area contributed by atoms with Gasteiger partial charge in [-0.25, -0.2) is 0 Å². The van der Waals surface area contributed by atoms with Gasteiger partial charge >= 0.3 is 0 Å². The van der Waals surface area contributed by atoms with E-state index in [0.29, 0.717) is 0 Å². The van der Waals surface area contributed by atoms with E-state index in [1.54, 1.807) is 17.6 Å². The second-order valence-corrected chi connectivity index (χ2v) is 2.90. The maximum Gasteiger partial charge on any atom is 0.0741 e. The third kappa shape index (κ3) is 0.844. The Morgan fingerprint density at radius 1 is 1.50 bits per heavy atom. The number of allylic oxidation sites excluding steroid dienone is 1. The molecule has 1 aromatic heterocycles. The molecular formula is C7H6N2S. The first-order valence-electron chi connectivity index (χ1n) is 3.00. The zero-order valence-corrected chi connectivity index (χ0v) is 6.06. The Balaban J connectivity index is 2.50. The fourth-order valence-electron chi connectivity index (χ4n) is 0.823. The minimum absolute atomic E-state index is 1.09. The molecule has 1 N–H and O–H groups in total. The molecule has 0 fully saturated rings. The number of nitrogens with one attached hydrogen (secondary N) is 1. The smallest absolute Gasteiger partial charge is 0.0741 e. The van der Waals surface area contributed by atoms with Crippen LogP contribution in [0.4, 0.5) is 5.69 Å². The molecule has 2 rings (SSSR count). The average Bonchev–Trinajstić information content (AvgIpc) is 2.28. The van der Waals surface area contributed by atoms with Crippen molar-refractivity contribution in [1.29, 1.82) is 0 Å². The fraction of sp³-hybridized carbons (Fsp3) is 0. The van der Waals surface area contributed by atoms with Gasteiger partial charge in [-0.05, 0) is 23.6 Å². The van der Waals surface area contributed by atoms with Crippen LogP contribution in [0.25, 0.3) is 6.08 Å². The molecule has 0 aliphatic carbocycles. The van der Waals surface area contributed by atoms with Crippen LogP contribution in [0.2, 0.25) is 0 Å². The second-order valence-electron chi connectivity index (χ2n) is 1.95. The first-order chi connectivity index (χ1) is 4.97. The van der Waals surface area contributed by atoms with Crippen molar-refractivity contribution < 1.29 is 0 Å². The van der Waals surface area contributed by atoms with Crippen molar-refractivity contribution >= 4 is 29.3 Å². The summed E-state index contributed by atoms with van der Waals surface area (Å²) in [6.45, 7) is 0. The second kappa shape index (κ2) is 2.27. The first kappa shape index (κ1) is 5.68. The van der Waals surface area contributed by atoms with Crippen LogP contribution >= 0.6 is 11.3 Å². The third-order valence-corrected chi connectivity index (χ3v) is 2.17. The number of hydrogen-bond donors (Lipinski definition) is 1. The normalized spacial score (nSPS) is 14.0. The first-order valence-corrected chi connectivity index (χ1v) is 3.88. The lowest BCUT2D eigenvalue weighted by molar-refractivity contribution is 1.37. The van der Waals surface area contributed by atoms with Crippen LogP contribution in [0, 0.1) is 0 Å². The molecule has 0 saturated carbocycles. The van der Waals surface area contributed by atoms with Gasteiger partial charge < -0.3 is 0 Å². The van der Waals surface area contributed by atoms with Gasteiger partial charge in [-0.2, -0.15) is 5.10 Å². The summed E-state index contributed by atoms with van der Waals surface area (Å²) in [6.07, 6.45) is 5.71. The van der Waals surface area contributed by atoms with Crippen molar-refractivity contribution in [2.45, 2.75) is 0 Å². The van der Waals surface area contributed by atoms with Gasteiger partial charge in [-0.15, -0.1) is 11.3 Å². The Bertz CT molecular complexity index is 286. The summed E-state index contributed by atoms with van der Waals surface area (Å²) >= 11 is 1.71. The van der Waals surface area contributed by atoms with Gasteiger partial charge in [-0.1, -0.05) is 0 Å². The highest BCUT2D eigenvalue weighted by Crippen LogP contribution is 2.24. The Morgan fingerprint density at radius 2 is 2.50 bits per heavy atom. The zero-order chi connectivity index (χ0) is 6.81. The van der Waals surface area contributed by atoms with Gasteiger partial charge in [0.25, 0.3) is 0 Å². The lowest BCUT2D eigenvalue weighted by atomic mass is 10.4. The van der Waals surface area contributed by atoms with Crippen molar-refractivity contribution in [3.05, 3.63) is 22.4 Å². The predicted octanol–water partition coefficient (Wildman–Crippen LogP) is 2.17. The number of hydrogen-bond acceptors (Lipinski definition) is 3. The monoisotopic (exact) mass is 150 g/mol. The van der Waals surface area contributed by atoms with Crippen molar-refractivity contribution in [2.24, 2.45) is 5.10 Å². The summed E-state index contributed by atoms with van der Waals surface area (Å²) in [6, 6.07) is 2.02. The van der Waals surface area contributed by atoms with Gasteiger partial charge in [0.1, 0.15) is 0 Å². The summed E-state index contributed by atoms with van der Waals surface area (Å²) in [5, 5.41) is 5.97. The highest BCUT2D eigenvalue weighted by molar-refractivity contribution is 7.11. The van der Waals surface area contributed by atoms with Crippen LogP contribution in [0.1, 0.15) is 4.88 Å². The lowest BCUT2D eigenvalue weighted by Gasteiger charge is -1.92.